The molecule has 1 aliphatic heterocycles. The fourth-order valence-corrected chi connectivity index (χ4v) is 3.74. The molecule has 1 saturated carbocycles. The van der Waals surface area contributed by atoms with Crippen molar-refractivity contribution in [3.05, 3.63) is 23.8 Å². The molecule has 3 rings (SSSR count). The third kappa shape index (κ3) is 3.68. The maximum absolute atomic E-state index is 13.1. The number of carbonyl (C=O) groups excluding carboxylic acids is 1. The van der Waals surface area contributed by atoms with Gasteiger partial charge in [-0.3, -0.25) is 9.59 Å². The Bertz CT molecular complexity index is 751. The highest BCUT2D eigenvalue weighted by Crippen LogP contribution is 2.52. The zero-order chi connectivity index (χ0) is 19.9. The monoisotopic (exact) mass is 387 g/mol. The number of carboxylic acid groups (broad SMARTS) is 1. The van der Waals surface area contributed by atoms with Gasteiger partial charge in [-0.05, 0) is 24.6 Å². The number of alkyl halides is 3. The summed E-state index contributed by atoms with van der Waals surface area (Å²) in [7, 11) is 3.01. The Balaban J connectivity index is 1.75. The molecule has 1 aromatic rings. The smallest absolute Gasteiger partial charge is 0.394 e. The van der Waals surface area contributed by atoms with E-state index in [-0.39, 0.29) is 5.92 Å². The number of carbonyl (C=O) groups is 2. The van der Waals surface area contributed by atoms with Crippen molar-refractivity contribution in [3.8, 4) is 11.5 Å². The molecule has 0 aromatic heterocycles. The summed E-state index contributed by atoms with van der Waals surface area (Å²) in [5, 5.41) is 9.09. The molecule has 9 heteroatoms. The third-order valence-corrected chi connectivity index (χ3v) is 5.31. The van der Waals surface area contributed by atoms with Crippen molar-refractivity contribution in [1.82, 2.24) is 4.90 Å². The van der Waals surface area contributed by atoms with Gasteiger partial charge in [-0.2, -0.15) is 13.2 Å². The number of amides is 1. The van der Waals surface area contributed by atoms with Crippen LogP contribution >= 0.6 is 0 Å². The molecule has 1 heterocycles. The number of hydrogen-bond donors (Lipinski definition) is 1. The van der Waals surface area contributed by atoms with Gasteiger partial charge in [0.25, 0.3) is 0 Å². The molecule has 1 saturated heterocycles. The van der Waals surface area contributed by atoms with Crippen LogP contribution in [-0.2, 0) is 9.59 Å². The lowest BCUT2D eigenvalue weighted by atomic mass is 9.96. The highest BCUT2D eigenvalue weighted by Gasteiger charge is 2.56. The van der Waals surface area contributed by atoms with Gasteiger partial charge in [-0.25, -0.2) is 0 Å². The fraction of sp³-hybridized carbons (Fsp3) is 0.556. The standard InChI is InChI=1S/C18H20F3NO5/c1-26-9-3-4-15(27-2)11(5-9)10-6-12(10)16(23)22-7-13(17(24)25)14(8-22)18(19,20)21/h3-5,10,12-14H,6-8H2,1-2H3,(H,24,25)/t10?,12?,13-,14-/m1/s1. The second kappa shape index (κ2) is 6.94. The number of nitrogens with zero attached hydrogens (tertiary/aromatic N) is 1. The zero-order valence-electron chi connectivity index (χ0n) is 14.8. The molecule has 2 unspecified atom stereocenters. The third-order valence-electron chi connectivity index (χ3n) is 5.31. The Hall–Kier alpha value is -2.45. The second-order valence-electron chi connectivity index (χ2n) is 6.89. The average molecular weight is 387 g/mol. The van der Waals surface area contributed by atoms with Gasteiger partial charge in [0.15, 0.2) is 0 Å². The largest absolute Gasteiger partial charge is 0.497 e. The van der Waals surface area contributed by atoms with Crippen LogP contribution in [0.2, 0.25) is 0 Å². The predicted octanol–water partition coefficient (Wildman–Crippen LogP) is 2.53. The molecule has 1 aromatic carbocycles. The molecule has 27 heavy (non-hydrogen) atoms. The number of aliphatic carboxylic acids is 1. The van der Waals surface area contributed by atoms with E-state index in [1.165, 1.54) is 14.2 Å². The molecule has 148 valence electrons. The van der Waals surface area contributed by atoms with Gasteiger partial charge in [0.2, 0.25) is 5.91 Å². The number of halogens is 3. The van der Waals surface area contributed by atoms with E-state index in [0.29, 0.717) is 17.9 Å². The lowest BCUT2D eigenvalue weighted by Gasteiger charge is -2.18. The van der Waals surface area contributed by atoms with Gasteiger partial charge >= 0.3 is 12.1 Å². The number of rotatable bonds is 5. The first-order valence-corrected chi connectivity index (χ1v) is 8.47. The predicted molar refractivity (Wildman–Crippen MR) is 87.6 cm³/mol. The van der Waals surface area contributed by atoms with Gasteiger partial charge in [-0.15, -0.1) is 0 Å². The van der Waals surface area contributed by atoms with Crippen molar-refractivity contribution < 1.29 is 37.3 Å². The van der Waals surface area contributed by atoms with Crippen LogP contribution in [0.15, 0.2) is 18.2 Å². The first kappa shape index (κ1) is 19.3. The van der Waals surface area contributed by atoms with Gasteiger partial charge in [0.05, 0.1) is 26.1 Å². The van der Waals surface area contributed by atoms with E-state index in [2.05, 4.69) is 0 Å². The summed E-state index contributed by atoms with van der Waals surface area (Å²) < 4.78 is 49.8. The van der Waals surface area contributed by atoms with E-state index in [4.69, 9.17) is 14.6 Å². The molecule has 1 aliphatic carbocycles. The van der Waals surface area contributed by atoms with Gasteiger partial charge in [0.1, 0.15) is 11.5 Å². The summed E-state index contributed by atoms with van der Waals surface area (Å²) in [6.07, 6.45) is -4.18. The van der Waals surface area contributed by atoms with Crippen LogP contribution in [0.3, 0.4) is 0 Å². The summed E-state index contributed by atoms with van der Waals surface area (Å²) in [4.78, 5) is 24.9. The summed E-state index contributed by atoms with van der Waals surface area (Å²) >= 11 is 0. The number of benzene rings is 1. The average Bonchev–Trinajstić information content (AvgIpc) is 3.27. The van der Waals surface area contributed by atoms with Crippen molar-refractivity contribution in [2.75, 3.05) is 27.3 Å². The minimum atomic E-state index is -4.66. The molecule has 0 radical (unpaired) electrons. The van der Waals surface area contributed by atoms with E-state index in [9.17, 15) is 22.8 Å². The highest BCUT2D eigenvalue weighted by molar-refractivity contribution is 5.84. The van der Waals surface area contributed by atoms with Crippen LogP contribution in [0.5, 0.6) is 11.5 Å². The molecule has 6 nitrogen and oxygen atoms in total. The number of likely N-dealkylation sites (tertiary alicyclic amines) is 1. The lowest BCUT2D eigenvalue weighted by molar-refractivity contribution is -0.188. The van der Waals surface area contributed by atoms with E-state index < -0.39 is 48.9 Å². The number of methoxy groups -OCH3 is 2. The molecular formula is C18H20F3NO5. The molecule has 1 amide bonds. The minimum Gasteiger partial charge on any atom is -0.497 e. The van der Waals surface area contributed by atoms with E-state index >= 15 is 0 Å². The van der Waals surface area contributed by atoms with Crippen molar-refractivity contribution in [2.24, 2.45) is 17.8 Å². The summed E-state index contributed by atoms with van der Waals surface area (Å²) in [5.41, 5.74) is 0.761. The van der Waals surface area contributed by atoms with Crippen LogP contribution < -0.4 is 9.47 Å². The first-order valence-electron chi connectivity index (χ1n) is 8.47. The van der Waals surface area contributed by atoms with E-state index in [0.717, 1.165) is 10.5 Å². The van der Waals surface area contributed by atoms with Crippen LogP contribution in [0.4, 0.5) is 13.2 Å². The summed E-state index contributed by atoms with van der Waals surface area (Å²) in [6, 6.07) is 5.18. The Kier molecular flexibility index (Phi) is 4.96. The normalized spacial score (nSPS) is 27.4. The quantitative estimate of drug-likeness (QED) is 0.840. The molecule has 0 spiro atoms. The molecule has 1 N–H and O–H groups in total. The maximum Gasteiger partial charge on any atom is 0.394 e. The van der Waals surface area contributed by atoms with Gasteiger partial charge in [-0.1, -0.05) is 0 Å². The van der Waals surface area contributed by atoms with Crippen molar-refractivity contribution in [1.29, 1.82) is 0 Å². The fourth-order valence-electron chi connectivity index (χ4n) is 3.74. The zero-order valence-corrected chi connectivity index (χ0v) is 14.8. The Morgan fingerprint density at radius 3 is 2.37 bits per heavy atom. The van der Waals surface area contributed by atoms with Crippen LogP contribution in [0.25, 0.3) is 0 Å². The molecular weight excluding hydrogens is 367 g/mol. The number of ether oxygens (including phenoxy) is 2. The Morgan fingerprint density at radius 1 is 1.15 bits per heavy atom. The second-order valence-corrected chi connectivity index (χ2v) is 6.89. The van der Waals surface area contributed by atoms with E-state index in [1.807, 2.05) is 0 Å². The number of carboxylic acids is 1. The number of hydrogen-bond acceptors (Lipinski definition) is 4. The van der Waals surface area contributed by atoms with E-state index in [1.54, 1.807) is 18.2 Å². The molecule has 4 atom stereocenters. The lowest BCUT2D eigenvalue weighted by Crippen LogP contribution is -2.34. The van der Waals surface area contributed by atoms with Crippen LogP contribution in [0.1, 0.15) is 17.9 Å². The van der Waals surface area contributed by atoms with Crippen molar-refractivity contribution in [2.45, 2.75) is 18.5 Å². The highest BCUT2D eigenvalue weighted by atomic mass is 19.4. The SMILES string of the molecule is COc1ccc(OC)c(C2CC2C(=O)N2C[C@@H](C(F)(F)F)[C@H](C(=O)O)C2)c1. The van der Waals surface area contributed by atoms with Crippen LogP contribution in [-0.4, -0.2) is 55.4 Å². The van der Waals surface area contributed by atoms with Gasteiger partial charge < -0.3 is 19.5 Å². The summed E-state index contributed by atoms with van der Waals surface area (Å²) in [6.45, 7) is -1.03. The molecule has 0 bridgehead atoms. The van der Waals surface area contributed by atoms with Gasteiger partial charge in [0, 0.05) is 30.5 Å². The van der Waals surface area contributed by atoms with Crippen molar-refractivity contribution >= 4 is 11.9 Å². The Labute approximate surface area is 153 Å². The maximum atomic E-state index is 13.1. The Morgan fingerprint density at radius 2 is 1.85 bits per heavy atom. The summed E-state index contributed by atoms with van der Waals surface area (Å²) in [5.74, 6) is -5.14. The minimum absolute atomic E-state index is 0.184. The first-order chi connectivity index (χ1) is 12.7. The van der Waals surface area contributed by atoms with Crippen molar-refractivity contribution in [3.63, 3.8) is 0 Å². The topological polar surface area (TPSA) is 76.1 Å². The molecule has 2 aliphatic rings. The van der Waals surface area contributed by atoms with Crippen LogP contribution in [0, 0.1) is 17.8 Å². The molecule has 2 fully saturated rings.